The molecular formula is C15H17N5O. The number of aromatic nitrogens is 3. The van der Waals surface area contributed by atoms with Gasteiger partial charge in [0.15, 0.2) is 0 Å². The van der Waals surface area contributed by atoms with Crippen molar-refractivity contribution in [2.75, 3.05) is 31.1 Å². The van der Waals surface area contributed by atoms with E-state index in [4.69, 9.17) is 0 Å². The molecule has 0 atom stereocenters. The molecule has 2 aromatic rings. The standard InChI is InChI=1S/C15H17N5O/c21-13(12-3-1-5-16-12)20-10-15(11-20)4-8-19(9-15)14-17-6-2-7-18-14/h1-3,5-7,16H,4,8-11H2. The first-order chi connectivity index (χ1) is 10.3. The number of amides is 1. The highest BCUT2D eigenvalue weighted by molar-refractivity contribution is 5.93. The first-order valence-corrected chi connectivity index (χ1v) is 7.20. The van der Waals surface area contributed by atoms with Gasteiger partial charge in [0.05, 0.1) is 0 Å². The number of rotatable bonds is 2. The molecule has 2 aliphatic heterocycles. The van der Waals surface area contributed by atoms with Crippen molar-refractivity contribution >= 4 is 11.9 Å². The molecule has 21 heavy (non-hydrogen) atoms. The molecule has 108 valence electrons. The van der Waals surface area contributed by atoms with E-state index in [1.165, 1.54) is 0 Å². The highest BCUT2D eigenvalue weighted by Crippen LogP contribution is 2.40. The van der Waals surface area contributed by atoms with E-state index in [1.807, 2.05) is 23.1 Å². The summed E-state index contributed by atoms with van der Waals surface area (Å²) in [4.78, 5) is 28.0. The average Bonchev–Trinajstić information content (AvgIpc) is 3.15. The van der Waals surface area contributed by atoms with Crippen LogP contribution in [0.1, 0.15) is 16.9 Å². The maximum Gasteiger partial charge on any atom is 0.270 e. The summed E-state index contributed by atoms with van der Waals surface area (Å²) < 4.78 is 0. The van der Waals surface area contributed by atoms with Crippen LogP contribution in [0.4, 0.5) is 5.95 Å². The fraction of sp³-hybridized carbons (Fsp3) is 0.400. The van der Waals surface area contributed by atoms with Crippen molar-refractivity contribution in [1.82, 2.24) is 19.9 Å². The first-order valence-electron chi connectivity index (χ1n) is 7.20. The van der Waals surface area contributed by atoms with Gasteiger partial charge >= 0.3 is 0 Å². The molecule has 4 heterocycles. The van der Waals surface area contributed by atoms with Crippen LogP contribution in [-0.4, -0.2) is 51.9 Å². The van der Waals surface area contributed by atoms with Gasteiger partial charge in [-0.25, -0.2) is 9.97 Å². The normalized spacial score (nSPS) is 19.8. The molecule has 0 unspecified atom stereocenters. The minimum atomic E-state index is 0.0973. The summed E-state index contributed by atoms with van der Waals surface area (Å²) in [5.74, 6) is 0.892. The molecule has 6 heteroatoms. The highest BCUT2D eigenvalue weighted by atomic mass is 16.2. The number of hydrogen-bond acceptors (Lipinski definition) is 4. The predicted molar refractivity (Wildman–Crippen MR) is 78.0 cm³/mol. The van der Waals surface area contributed by atoms with E-state index in [1.54, 1.807) is 18.6 Å². The molecule has 0 aromatic carbocycles. The Balaban J connectivity index is 1.40. The Morgan fingerprint density at radius 2 is 2.00 bits per heavy atom. The van der Waals surface area contributed by atoms with E-state index < -0.39 is 0 Å². The average molecular weight is 283 g/mol. The molecule has 2 aromatic heterocycles. The summed E-state index contributed by atoms with van der Waals surface area (Å²) in [6, 6.07) is 5.51. The monoisotopic (exact) mass is 283 g/mol. The lowest BCUT2D eigenvalue weighted by atomic mass is 9.79. The van der Waals surface area contributed by atoms with Crippen molar-refractivity contribution in [3.8, 4) is 0 Å². The van der Waals surface area contributed by atoms with Crippen LogP contribution in [0.5, 0.6) is 0 Å². The lowest BCUT2D eigenvalue weighted by molar-refractivity contribution is 0.0162. The summed E-state index contributed by atoms with van der Waals surface area (Å²) in [5.41, 5.74) is 0.896. The zero-order chi connectivity index (χ0) is 14.3. The molecule has 4 rings (SSSR count). The van der Waals surface area contributed by atoms with Crippen molar-refractivity contribution < 1.29 is 4.79 Å². The summed E-state index contributed by atoms with van der Waals surface area (Å²) in [6.07, 6.45) is 6.43. The zero-order valence-electron chi connectivity index (χ0n) is 11.7. The van der Waals surface area contributed by atoms with Gasteiger partial charge in [-0.2, -0.15) is 0 Å². The van der Waals surface area contributed by atoms with E-state index in [9.17, 15) is 4.79 Å². The molecule has 0 aliphatic carbocycles. The van der Waals surface area contributed by atoms with Gasteiger partial charge in [-0.3, -0.25) is 4.79 Å². The largest absolute Gasteiger partial charge is 0.357 e. The highest BCUT2D eigenvalue weighted by Gasteiger charge is 2.49. The third-order valence-electron chi connectivity index (χ3n) is 4.44. The molecule has 0 bridgehead atoms. The Labute approximate surface area is 122 Å². The maximum absolute atomic E-state index is 12.2. The van der Waals surface area contributed by atoms with Gasteiger partial charge in [0.25, 0.3) is 5.91 Å². The number of H-pyrrole nitrogens is 1. The Bertz CT molecular complexity index is 633. The van der Waals surface area contributed by atoms with Gasteiger partial charge in [-0.1, -0.05) is 0 Å². The van der Waals surface area contributed by atoms with Gasteiger partial charge in [0.2, 0.25) is 5.95 Å². The van der Waals surface area contributed by atoms with Crippen LogP contribution in [0.3, 0.4) is 0 Å². The topological polar surface area (TPSA) is 65.1 Å². The van der Waals surface area contributed by atoms with E-state index in [0.29, 0.717) is 5.69 Å². The molecule has 0 radical (unpaired) electrons. The number of carbonyl (C=O) groups excluding carboxylic acids is 1. The number of likely N-dealkylation sites (tertiary alicyclic amines) is 1. The van der Waals surface area contributed by atoms with E-state index in [-0.39, 0.29) is 11.3 Å². The van der Waals surface area contributed by atoms with Crippen LogP contribution in [-0.2, 0) is 0 Å². The Kier molecular flexibility index (Phi) is 2.70. The second-order valence-electron chi connectivity index (χ2n) is 5.97. The van der Waals surface area contributed by atoms with E-state index >= 15 is 0 Å². The SMILES string of the molecule is O=C(c1ccc[nH]1)N1CC2(CCN(c3ncccn3)C2)C1. The number of nitrogens with one attached hydrogen (secondary N) is 1. The van der Waals surface area contributed by atoms with Crippen LogP contribution < -0.4 is 4.90 Å². The van der Waals surface area contributed by atoms with Gasteiger partial charge in [-0.15, -0.1) is 0 Å². The molecule has 2 fully saturated rings. The molecule has 6 nitrogen and oxygen atoms in total. The number of nitrogens with zero attached hydrogens (tertiary/aromatic N) is 4. The predicted octanol–water partition coefficient (Wildman–Crippen LogP) is 1.16. The summed E-state index contributed by atoms with van der Waals surface area (Å²) in [7, 11) is 0. The number of carbonyl (C=O) groups is 1. The van der Waals surface area contributed by atoms with E-state index in [0.717, 1.165) is 38.5 Å². The molecule has 1 amide bonds. The molecule has 0 saturated carbocycles. The van der Waals surface area contributed by atoms with Gasteiger partial charge in [0.1, 0.15) is 5.69 Å². The first kappa shape index (κ1) is 12.4. The van der Waals surface area contributed by atoms with Crippen LogP contribution in [0, 0.1) is 5.41 Å². The Morgan fingerprint density at radius 1 is 1.19 bits per heavy atom. The minimum Gasteiger partial charge on any atom is -0.357 e. The fourth-order valence-electron chi connectivity index (χ4n) is 3.36. The molecule has 1 spiro atoms. The number of aromatic amines is 1. The molecule has 2 saturated heterocycles. The van der Waals surface area contributed by atoms with Gasteiger partial charge in [0, 0.05) is 50.2 Å². The van der Waals surface area contributed by atoms with Crippen molar-refractivity contribution in [2.45, 2.75) is 6.42 Å². The summed E-state index contributed by atoms with van der Waals surface area (Å²) in [6.45, 7) is 3.56. The van der Waals surface area contributed by atoms with E-state index in [2.05, 4.69) is 19.9 Å². The van der Waals surface area contributed by atoms with Crippen LogP contribution in [0.25, 0.3) is 0 Å². The second-order valence-corrected chi connectivity index (χ2v) is 5.97. The minimum absolute atomic E-state index is 0.0973. The lowest BCUT2D eigenvalue weighted by Crippen LogP contribution is -2.59. The molecule has 2 aliphatic rings. The second kappa shape index (κ2) is 4.58. The van der Waals surface area contributed by atoms with Crippen LogP contribution in [0.2, 0.25) is 0 Å². The van der Waals surface area contributed by atoms with Gasteiger partial charge in [-0.05, 0) is 24.6 Å². The lowest BCUT2D eigenvalue weighted by Gasteiger charge is -2.47. The van der Waals surface area contributed by atoms with Gasteiger partial charge < -0.3 is 14.8 Å². The maximum atomic E-state index is 12.2. The number of anilines is 1. The van der Waals surface area contributed by atoms with Crippen molar-refractivity contribution in [3.05, 3.63) is 42.5 Å². The summed E-state index contributed by atoms with van der Waals surface area (Å²) >= 11 is 0. The number of hydrogen-bond donors (Lipinski definition) is 1. The fourth-order valence-corrected chi connectivity index (χ4v) is 3.36. The smallest absolute Gasteiger partial charge is 0.270 e. The molecule has 1 N–H and O–H groups in total. The zero-order valence-corrected chi connectivity index (χ0v) is 11.7. The Morgan fingerprint density at radius 3 is 2.71 bits per heavy atom. The van der Waals surface area contributed by atoms with Crippen LogP contribution >= 0.6 is 0 Å². The van der Waals surface area contributed by atoms with Crippen molar-refractivity contribution in [3.63, 3.8) is 0 Å². The Hall–Kier alpha value is -2.37. The quantitative estimate of drug-likeness (QED) is 0.898. The third kappa shape index (κ3) is 2.07. The van der Waals surface area contributed by atoms with Crippen molar-refractivity contribution in [2.24, 2.45) is 5.41 Å². The van der Waals surface area contributed by atoms with Crippen molar-refractivity contribution in [1.29, 1.82) is 0 Å². The molecular weight excluding hydrogens is 266 g/mol. The van der Waals surface area contributed by atoms with Crippen LogP contribution in [0.15, 0.2) is 36.8 Å². The third-order valence-corrected chi connectivity index (χ3v) is 4.44. The summed E-state index contributed by atoms with van der Waals surface area (Å²) in [5, 5.41) is 0.